The normalized spacial score (nSPS) is 10.9. The fourth-order valence-electron chi connectivity index (χ4n) is 1.54. The van der Waals surface area contributed by atoms with E-state index in [0.29, 0.717) is 10.8 Å². The molecule has 0 fully saturated rings. The van der Waals surface area contributed by atoms with Gasteiger partial charge in [0.2, 0.25) is 10.0 Å². The number of anilines is 1. The van der Waals surface area contributed by atoms with Crippen molar-refractivity contribution in [1.29, 1.82) is 0 Å². The lowest BCUT2D eigenvalue weighted by Gasteiger charge is -2.19. The van der Waals surface area contributed by atoms with Crippen molar-refractivity contribution < 1.29 is 8.42 Å². The van der Waals surface area contributed by atoms with Gasteiger partial charge in [-0.25, -0.2) is 8.42 Å². The molecule has 2 N–H and O–H groups in total. The van der Waals surface area contributed by atoms with Crippen LogP contribution in [0.15, 0.2) is 24.3 Å². The number of rotatable bonds is 5. The van der Waals surface area contributed by atoms with Crippen molar-refractivity contribution in [3.63, 3.8) is 0 Å². The van der Waals surface area contributed by atoms with Crippen LogP contribution < -0.4 is 10.0 Å². The lowest BCUT2D eigenvalue weighted by molar-refractivity contribution is 0.502. The molecule has 0 spiro atoms. The third kappa shape index (κ3) is 5.89. The number of likely N-dealkylation sites (N-methyl/N-ethyl adjacent to an activating group) is 1. The molecule has 1 rings (SSSR count). The van der Waals surface area contributed by atoms with Gasteiger partial charge in [0.05, 0.1) is 6.26 Å². The van der Waals surface area contributed by atoms with E-state index in [1.165, 1.54) is 0 Å². The molecular weight excluding hydrogens is 282 g/mol. The molecule has 5 nitrogen and oxygen atoms in total. The lowest BCUT2D eigenvalue weighted by Crippen LogP contribution is -2.35. The Hall–Kier alpha value is -1.34. The molecule has 106 valence electrons. The third-order valence-electron chi connectivity index (χ3n) is 2.55. The summed E-state index contributed by atoms with van der Waals surface area (Å²) in [6.07, 6.45) is 1.98. The van der Waals surface area contributed by atoms with E-state index in [1.807, 2.05) is 24.1 Å². The average Bonchev–Trinajstić information content (AvgIpc) is 2.34. The average molecular weight is 301 g/mol. The Balaban J connectivity index is 2.55. The van der Waals surface area contributed by atoms with Gasteiger partial charge < -0.3 is 10.2 Å². The van der Waals surface area contributed by atoms with Gasteiger partial charge in [-0.2, -0.15) is 0 Å². The Kier molecular flexibility index (Phi) is 5.56. The maximum absolute atomic E-state index is 11.1. The molecule has 1 aromatic rings. The van der Waals surface area contributed by atoms with E-state index < -0.39 is 10.0 Å². The molecule has 0 unspecified atom stereocenters. The molecule has 0 saturated carbocycles. The van der Waals surface area contributed by atoms with Crippen LogP contribution in [0.5, 0.6) is 0 Å². The number of sulfonamides is 1. The van der Waals surface area contributed by atoms with Crippen molar-refractivity contribution >= 4 is 33.0 Å². The molecule has 0 atom stereocenters. The van der Waals surface area contributed by atoms with Crippen LogP contribution in [0.3, 0.4) is 0 Å². The summed E-state index contributed by atoms with van der Waals surface area (Å²) in [4.78, 5) is 1.96. The van der Waals surface area contributed by atoms with Crippen LogP contribution in [-0.2, 0) is 16.4 Å². The zero-order chi connectivity index (χ0) is 14.5. The molecule has 0 bridgehead atoms. The molecule has 0 saturated heterocycles. The molecular formula is C12H19N3O2S2. The van der Waals surface area contributed by atoms with Crippen LogP contribution in [0.4, 0.5) is 5.69 Å². The summed E-state index contributed by atoms with van der Waals surface area (Å²) >= 11 is 5.11. The molecule has 0 heterocycles. The summed E-state index contributed by atoms with van der Waals surface area (Å²) in [6.45, 7) is 0.804. The van der Waals surface area contributed by atoms with Gasteiger partial charge in [-0.1, -0.05) is 12.1 Å². The molecule has 19 heavy (non-hydrogen) atoms. The molecule has 0 aromatic heterocycles. The first-order valence-corrected chi connectivity index (χ1v) is 8.11. The number of benzene rings is 1. The first-order chi connectivity index (χ1) is 8.81. The van der Waals surface area contributed by atoms with Crippen LogP contribution in [0, 0.1) is 0 Å². The Morgan fingerprint density at radius 3 is 2.37 bits per heavy atom. The van der Waals surface area contributed by atoms with Crippen molar-refractivity contribution in [3.8, 4) is 0 Å². The number of nitrogens with zero attached hydrogens (tertiary/aromatic N) is 1. The number of thiocarbonyl (C=S) groups is 1. The summed E-state index contributed by atoms with van der Waals surface area (Å²) in [5.41, 5.74) is 1.70. The molecule has 0 aliphatic heterocycles. The summed E-state index contributed by atoms with van der Waals surface area (Å²) in [5.74, 6) is 0. The maximum atomic E-state index is 11.1. The largest absolute Gasteiger partial charge is 0.366 e. The highest BCUT2D eigenvalue weighted by molar-refractivity contribution is 7.92. The van der Waals surface area contributed by atoms with E-state index in [2.05, 4.69) is 10.0 Å². The van der Waals surface area contributed by atoms with Gasteiger partial charge in [-0.05, 0) is 36.3 Å². The first kappa shape index (κ1) is 15.7. The molecule has 0 aliphatic rings. The molecule has 0 radical (unpaired) electrons. The molecule has 7 heteroatoms. The van der Waals surface area contributed by atoms with Gasteiger partial charge in [0, 0.05) is 26.3 Å². The smallest absolute Gasteiger partial charge is 0.229 e. The predicted molar refractivity (Wildman–Crippen MR) is 82.9 cm³/mol. The zero-order valence-corrected chi connectivity index (χ0v) is 12.9. The van der Waals surface area contributed by atoms with E-state index in [4.69, 9.17) is 12.2 Å². The molecule has 0 amide bonds. The SMILES string of the molecule is CNC(=S)N(C)CCc1ccc(NS(C)(=O)=O)cc1. The van der Waals surface area contributed by atoms with Crippen molar-refractivity contribution in [1.82, 2.24) is 10.2 Å². The van der Waals surface area contributed by atoms with Crippen molar-refractivity contribution in [2.24, 2.45) is 0 Å². The zero-order valence-electron chi connectivity index (χ0n) is 11.3. The van der Waals surface area contributed by atoms with Crippen molar-refractivity contribution in [2.45, 2.75) is 6.42 Å². The monoisotopic (exact) mass is 301 g/mol. The highest BCUT2D eigenvalue weighted by Crippen LogP contribution is 2.11. The van der Waals surface area contributed by atoms with Crippen LogP contribution in [0.25, 0.3) is 0 Å². The van der Waals surface area contributed by atoms with Gasteiger partial charge in [-0.15, -0.1) is 0 Å². The second kappa shape index (κ2) is 6.72. The maximum Gasteiger partial charge on any atom is 0.229 e. The highest BCUT2D eigenvalue weighted by atomic mass is 32.2. The Labute approximate surface area is 120 Å². The lowest BCUT2D eigenvalue weighted by atomic mass is 10.1. The fraction of sp³-hybridized carbons (Fsp3) is 0.417. The highest BCUT2D eigenvalue weighted by Gasteiger charge is 2.04. The van der Waals surface area contributed by atoms with Crippen molar-refractivity contribution in [3.05, 3.63) is 29.8 Å². The Morgan fingerprint density at radius 2 is 1.89 bits per heavy atom. The van der Waals surface area contributed by atoms with Gasteiger partial charge in [0.15, 0.2) is 5.11 Å². The third-order valence-corrected chi connectivity index (χ3v) is 3.68. The van der Waals surface area contributed by atoms with E-state index in [1.54, 1.807) is 19.2 Å². The van der Waals surface area contributed by atoms with Crippen LogP contribution in [-0.4, -0.2) is 45.3 Å². The van der Waals surface area contributed by atoms with Crippen LogP contribution >= 0.6 is 12.2 Å². The number of hydrogen-bond donors (Lipinski definition) is 2. The second-order valence-electron chi connectivity index (χ2n) is 4.30. The van der Waals surface area contributed by atoms with Gasteiger partial charge >= 0.3 is 0 Å². The quantitative estimate of drug-likeness (QED) is 0.796. The van der Waals surface area contributed by atoms with Crippen LogP contribution in [0.2, 0.25) is 0 Å². The summed E-state index contributed by atoms with van der Waals surface area (Å²) < 4.78 is 24.6. The van der Waals surface area contributed by atoms with E-state index in [9.17, 15) is 8.42 Å². The van der Waals surface area contributed by atoms with E-state index in [-0.39, 0.29) is 0 Å². The standard InChI is InChI=1S/C12H19N3O2S2/c1-13-12(18)15(2)9-8-10-4-6-11(7-5-10)14-19(3,16)17/h4-7,14H,8-9H2,1-3H3,(H,13,18). The number of hydrogen-bond acceptors (Lipinski definition) is 3. The van der Waals surface area contributed by atoms with Crippen molar-refractivity contribution in [2.75, 3.05) is 31.6 Å². The topological polar surface area (TPSA) is 61.4 Å². The van der Waals surface area contributed by atoms with Gasteiger partial charge in [0.25, 0.3) is 0 Å². The first-order valence-electron chi connectivity index (χ1n) is 5.81. The van der Waals surface area contributed by atoms with Gasteiger partial charge in [-0.3, -0.25) is 4.72 Å². The fourth-order valence-corrected chi connectivity index (χ4v) is 2.20. The predicted octanol–water partition coefficient (Wildman–Crippen LogP) is 1.04. The Bertz CT molecular complexity index is 526. The summed E-state index contributed by atoms with van der Waals surface area (Å²) in [6, 6.07) is 7.33. The summed E-state index contributed by atoms with van der Waals surface area (Å²) in [7, 11) is 0.511. The van der Waals surface area contributed by atoms with E-state index >= 15 is 0 Å². The molecule has 0 aliphatic carbocycles. The van der Waals surface area contributed by atoms with E-state index in [0.717, 1.165) is 24.8 Å². The second-order valence-corrected chi connectivity index (χ2v) is 6.43. The van der Waals surface area contributed by atoms with Gasteiger partial charge in [0.1, 0.15) is 0 Å². The molecule has 1 aromatic carbocycles. The number of nitrogens with one attached hydrogen (secondary N) is 2. The minimum atomic E-state index is -3.21. The van der Waals surface area contributed by atoms with Crippen LogP contribution in [0.1, 0.15) is 5.56 Å². The Morgan fingerprint density at radius 1 is 1.32 bits per heavy atom. The minimum absolute atomic E-state index is 0.574. The minimum Gasteiger partial charge on any atom is -0.366 e. The summed E-state index contributed by atoms with van der Waals surface area (Å²) in [5, 5.41) is 3.62.